The van der Waals surface area contributed by atoms with Crippen LogP contribution in [0.25, 0.3) is 11.3 Å². The molecule has 16 heavy (non-hydrogen) atoms. The lowest BCUT2D eigenvalue weighted by Gasteiger charge is -2.05. The maximum Gasteiger partial charge on any atom is 0.109 e. The second-order valence-corrected chi connectivity index (χ2v) is 4.63. The van der Waals surface area contributed by atoms with Crippen molar-refractivity contribution in [2.75, 3.05) is 0 Å². The predicted octanol–water partition coefficient (Wildman–Crippen LogP) is 3.04. The molecule has 0 N–H and O–H groups in total. The highest BCUT2D eigenvalue weighted by atomic mass is 15.1. The number of nitrogens with zero attached hydrogens (tertiary/aromatic N) is 2. The Morgan fingerprint density at radius 3 is 2.69 bits per heavy atom. The standard InChI is InChI=1S/C14H16N2/c1-16-13(12-5-3-2-4-6-12)10-15-14(16)9-11-7-8-11/h2-6,10-11H,7-9H2,1H3. The van der Waals surface area contributed by atoms with Gasteiger partial charge >= 0.3 is 0 Å². The van der Waals surface area contributed by atoms with E-state index in [4.69, 9.17) is 0 Å². The van der Waals surface area contributed by atoms with E-state index in [1.807, 2.05) is 12.3 Å². The minimum atomic E-state index is 0.893. The summed E-state index contributed by atoms with van der Waals surface area (Å²) in [6, 6.07) is 10.5. The monoisotopic (exact) mass is 212 g/mol. The lowest BCUT2D eigenvalue weighted by atomic mass is 10.2. The molecular formula is C14H16N2. The summed E-state index contributed by atoms with van der Waals surface area (Å²) in [6.07, 6.45) is 5.90. The number of imidazole rings is 1. The minimum Gasteiger partial charge on any atom is -0.331 e. The fourth-order valence-electron chi connectivity index (χ4n) is 2.09. The summed E-state index contributed by atoms with van der Waals surface area (Å²) in [4.78, 5) is 4.54. The van der Waals surface area contributed by atoms with Crippen molar-refractivity contribution in [3.63, 3.8) is 0 Å². The molecular weight excluding hydrogens is 196 g/mol. The Balaban J connectivity index is 1.93. The highest BCUT2D eigenvalue weighted by Gasteiger charge is 2.23. The minimum absolute atomic E-state index is 0.893. The number of benzene rings is 1. The van der Waals surface area contributed by atoms with Crippen molar-refractivity contribution in [1.29, 1.82) is 0 Å². The van der Waals surface area contributed by atoms with Gasteiger partial charge < -0.3 is 4.57 Å². The first-order chi connectivity index (χ1) is 7.84. The normalized spacial score (nSPS) is 15.3. The first-order valence-electron chi connectivity index (χ1n) is 5.90. The van der Waals surface area contributed by atoms with Crippen LogP contribution in [0.15, 0.2) is 36.5 Å². The summed E-state index contributed by atoms with van der Waals surface area (Å²) in [7, 11) is 2.12. The van der Waals surface area contributed by atoms with E-state index >= 15 is 0 Å². The van der Waals surface area contributed by atoms with Gasteiger partial charge in [-0.1, -0.05) is 30.3 Å². The highest BCUT2D eigenvalue weighted by molar-refractivity contribution is 5.58. The van der Waals surface area contributed by atoms with Crippen molar-refractivity contribution in [2.45, 2.75) is 19.3 Å². The maximum absolute atomic E-state index is 4.54. The molecule has 0 spiro atoms. The van der Waals surface area contributed by atoms with Crippen LogP contribution < -0.4 is 0 Å². The zero-order chi connectivity index (χ0) is 11.0. The van der Waals surface area contributed by atoms with E-state index in [9.17, 15) is 0 Å². The number of aromatic nitrogens is 2. The average molecular weight is 212 g/mol. The van der Waals surface area contributed by atoms with Gasteiger partial charge in [0.1, 0.15) is 5.82 Å². The van der Waals surface area contributed by atoms with Crippen LogP contribution in [0.2, 0.25) is 0 Å². The van der Waals surface area contributed by atoms with E-state index in [2.05, 4.69) is 40.9 Å². The highest BCUT2D eigenvalue weighted by Crippen LogP contribution is 2.33. The van der Waals surface area contributed by atoms with Gasteiger partial charge in [0, 0.05) is 13.5 Å². The Kier molecular flexibility index (Phi) is 2.28. The molecule has 0 unspecified atom stereocenters. The first kappa shape index (κ1) is 9.64. The van der Waals surface area contributed by atoms with Gasteiger partial charge in [-0.15, -0.1) is 0 Å². The van der Waals surface area contributed by atoms with E-state index in [1.165, 1.54) is 29.9 Å². The summed E-state index contributed by atoms with van der Waals surface area (Å²) in [5, 5.41) is 0. The summed E-state index contributed by atoms with van der Waals surface area (Å²) < 4.78 is 2.23. The number of rotatable bonds is 3. The van der Waals surface area contributed by atoms with Crippen LogP contribution in [0.3, 0.4) is 0 Å². The molecule has 0 saturated heterocycles. The quantitative estimate of drug-likeness (QED) is 0.764. The second-order valence-electron chi connectivity index (χ2n) is 4.63. The topological polar surface area (TPSA) is 17.8 Å². The molecule has 1 saturated carbocycles. The van der Waals surface area contributed by atoms with Crippen LogP contribution in [0.5, 0.6) is 0 Å². The third-order valence-electron chi connectivity index (χ3n) is 3.32. The predicted molar refractivity (Wildman–Crippen MR) is 65.1 cm³/mol. The van der Waals surface area contributed by atoms with Crippen molar-refractivity contribution >= 4 is 0 Å². The molecule has 2 aromatic rings. The van der Waals surface area contributed by atoms with Crippen LogP contribution in [-0.2, 0) is 13.5 Å². The van der Waals surface area contributed by atoms with E-state index in [0.717, 1.165) is 12.3 Å². The van der Waals surface area contributed by atoms with Crippen LogP contribution in [0.1, 0.15) is 18.7 Å². The Morgan fingerprint density at radius 1 is 1.25 bits per heavy atom. The molecule has 0 bridgehead atoms. The molecule has 1 aliphatic carbocycles. The maximum atomic E-state index is 4.54. The Bertz CT molecular complexity index is 481. The lowest BCUT2D eigenvalue weighted by Crippen LogP contribution is -2.00. The van der Waals surface area contributed by atoms with Crippen molar-refractivity contribution in [3.8, 4) is 11.3 Å². The average Bonchev–Trinajstić information content (AvgIpc) is 3.06. The van der Waals surface area contributed by atoms with E-state index in [1.54, 1.807) is 0 Å². The Morgan fingerprint density at radius 2 is 2.00 bits per heavy atom. The number of hydrogen-bond acceptors (Lipinski definition) is 1. The van der Waals surface area contributed by atoms with Gasteiger partial charge in [0.05, 0.1) is 11.9 Å². The van der Waals surface area contributed by atoms with Crippen LogP contribution in [-0.4, -0.2) is 9.55 Å². The van der Waals surface area contributed by atoms with Crippen LogP contribution in [0.4, 0.5) is 0 Å². The van der Waals surface area contributed by atoms with Crippen LogP contribution in [0, 0.1) is 5.92 Å². The summed E-state index contributed by atoms with van der Waals surface area (Å²) >= 11 is 0. The van der Waals surface area contributed by atoms with Gasteiger partial charge in [-0.3, -0.25) is 0 Å². The van der Waals surface area contributed by atoms with Crippen molar-refractivity contribution in [1.82, 2.24) is 9.55 Å². The van der Waals surface area contributed by atoms with Gasteiger partial charge in [-0.2, -0.15) is 0 Å². The molecule has 0 atom stereocenters. The number of hydrogen-bond donors (Lipinski definition) is 0. The largest absolute Gasteiger partial charge is 0.331 e. The zero-order valence-corrected chi connectivity index (χ0v) is 9.56. The van der Waals surface area contributed by atoms with Gasteiger partial charge in [0.2, 0.25) is 0 Å². The molecule has 1 aromatic heterocycles. The third kappa shape index (κ3) is 1.75. The summed E-state index contributed by atoms with van der Waals surface area (Å²) in [5.74, 6) is 2.12. The Labute approximate surface area is 95.9 Å². The van der Waals surface area contributed by atoms with Gasteiger partial charge in [0.15, 0.2) is 0 Å². The molecule has 1 heterocycles. The zero-order valence-electron chi connectivity index (χ0n) is 9.56. The van der Waals surface area contributed by atoms with Crippen LogP contribution >= 0.6 is 0 Å². The molecule has 3 rings (SSSR count). The molecule has 0 radical (unpaired) electrons. The molecule has 1 aromatic carbocycles. The lowest BCUT2D eigenvalue weighted by molar-refractivity contribution is 0.720. The smallest absolute Gasteiger partial charge is 0.109 e. The van der Waals surface area contributed by atoms with Gasteiger partial charge in [-0.05, 0) is 24.3 Å². The second kappa shape index (κ2) is 3.78. The summed E-state index contributed by atoms with van der Waals surface area (Å²) in [5.41, 5.74) is 2.47. The third-order valence-corrected chi connectivity index (χ3v) is 3.32. The molecule has 2 nitrogen and oxygen atoms in total. The Hall–Kier alpha value is -1.57. The van der Waals surface area contributed by atoms with Gasteiger partial charge in [-0.25, -0.2) is 4.98 Å². The van der Waals surface area contributed by atoms with E-state index in [-0.39, 0.29) is 0 Å². The van der Waals surface area contributed by atoms with E-state index < -0.39 is 0 Å². The first-order valence-corrected chi connectivity index (χ1v) is 5.90. The van der Waals surface area contributed by atoms with Crippen molar-refractivity contribution < 1.29 is 0 Å². The molecule has 1 fully saturated rings. The fraction of sp³-hybridized carbons (Fsp3) is 0.357. The molecule has 82 valence electrons. The molecule has 0 amide bonds. The summed E-state index contributed by atoms with van der Waals surface area (Å²) in [6.45, 7) is 0. The van der Waals surface area contributed by atoms with E-state index in [0.29, 0.717) is 0 Å². The van der Waals surface area contributed by atoms with Crippen molar-refractivity contribution in [3.05, 3.63) is 42.4 Å². The molecule has 2 heteroatoms. The fourth-order valence-corrected chi connectivity index (χ4v) is 2.09. The van der Waals surface area contributed by atoms with Gasteiger partial charge in [0.25, 0.3) is 0 Å². The van der Waals surface area contributed by atoms with Crippen molar-refractivity contribution in [2.24, 2.45) is 13.0 Å². The molecule has 1 aliphatic rings. The SMILES string of the molecule is Cn1c(-c2ccccc2)cnc1CC1CC1. The molecule has 0 aliphatic heterocycles.